The van der Waals surface area contributed by atoms with Crippen LogP contribution in [0, 0.1) is 0 Å². The number of tetrazole rings is 1. The van der Waals surface area contributed by atoms with Gasteiger partial charge < -0.3 is 9.15 Å². The van der Waals surface area contributed by atoms with Crippen LogP contribution in [0.5, 0.6) is 5.95 Å². The number of furan rings is 1. The first-order chi connectivity index (χ1) is 12.3. The number of aromatic amines is 1. The highest BCUT2D eigenvalue weighted by Crippen LogP contribution is 2.35. The van der Waals surface area contributed by atoms with Crippen LogP contribution in [0.25, 0.3) is 21.9 Å². The van der Waals surface area contributed by atoms with E-state index in [4.69, 9.17) is 9.15 Å². The van der Waals surface area contributed by atoms with Crippen LogP contribution in [0.4, 0.5) is 5.95 Å². The lowest BCUT2D eigenvalue weighted by molar-refractivity contribution is 0.0992. The maximum absolute atomic E-state index is 12.4. The van der Waals surface area contributed by atoms with E-state index in [1.165, 1.54) is 7.11 Å². The van der Waals surface area contributed by atoms with Crippen LogP contribution in [-0.4, -0.2) is 33.6 Å². The minimum atomic E-state index is -0.473. The molecule has 4 aromatic rings. The van der Waals surface area contributed by atoms with Gasteiger partial charge in [-0.2, -0.15) is 0 Å². The zero-order valence-electron chi connectivity index (χ0n) is 13.2. The highest BCUT2D eigenvalue weighted by molar-refractivity contribution is 6.12. The minimum absolute atomic E-state index is 0.128. The van der Waals surface area contributed by atoms with Crippen LogP contribution in [0.1, 0.15) is 10.6 Å². The van der Waals surface area contributed by atoms with E-state index in [0.29, 0.717) is 10.8 Å². The SMILES string of the molecule is COc1oc(C(=O)Nc2nnn[nH]2)c2ccc(-c3ccccc3)cc12. The smallest absolute Gasteiger partial charge is 0.294 e. The minimum Gasteiger partial charge on any atom is -0.468 e. The van der Waals surface area contributed by atoms with Gasteiger partial charge in [0, 0.05) is 5.39 Å². The molecule has 0 aliphatic carbocycles. The van der Waals surface area contributed by atoms with E-state index in [2.05, 4.69) is 25.9 Å². The summed E-state index contributed by atoms with van der Waals surface area (Å²) in [7, 11) is 1.50. The first-order valence-electron chi connectivity index (χ1n) is 7.47. The number of carbonyl (C=O) groups is 1. The number of hydrogen-bond donors (Lipinski definition) is 2. The van der Waals surface area contributed by atoms with Crippen molar-refractivity contribution in [3.8, 4) is 17.1 Å². The highest BCUT2D eigenvalue weighted by Gasteiger charge is 2.21. The van der Waals surface area contributed by atoms with E-state index in [-0.39, 0.29) is 17.7 Å². The lowest BCUT2D eigenvalue weighted by Gasteiger charge is -2.02. The molecular weight excluding hydrogens is 322 g/mol. The van der Waals surface area contributed by atoms with Gasteiger partial charge in [0.2, 0.25) is 11.7 Å². The van der Waals surface area contributed by atoms with Crippen LogP contribution in [0.15, 0.2) is 52.9 Å². The molecule has 0 unspecified atom stereocenters. The predicted octanol–water partition coefficient (Wildman–Crippen LogP) is 2.87. The number of carbonyl (C=O) groups excluding carboxylic acids is 1. The molecule has 0 saturated carbocycles. The topological polar surface area (TPSA) is 106 Å². The molecule has 25 heavy (non-hydrogen) atoms. The van der Waals surface area contributed by atoms with E-state index in [0.717, 1.165) is 11.1 Å². The number of nitrogens with zero attached hydrogens (tertiary/aromatic N) is 3. The quantitative estimate of drug-likeness (QED) is 0.594. The number of rotatable bonds is 4. The van der Waals surface area contributed by atoms with Gasteiger partial charge in [0.15, 0.2) is 0 Å². The fraction of sp³-hybridized carbons (Fsp3) is 0.0588. The van der Waals surface area contributed by atoms with Crippen molar-refractivity contribution in [2.75, 3.05) is 12.4 Å². The van der Waals surface area contributed by atoms with Gasteiger partial charge in [-0.15, -0.1) is 0 Å². The molecule has 0 atom stereocenters. The molecule has 0 radical (unpaired) electrons. The van der Waals surface area contributed by atoms with Crippen molar-refractivity contribution >= 4 is 22.6 Å². The molecule has 0 aliphatic heterocycles. The van der Waals surface area contributed by atoms with Gasteiger partial charge in [0.1, 0.15) is 0 Å². The van der Waals surface area contributed by atoms with Crippen LogP contribution in [0.3, 0.4) is 0 Å². The Morgan fingerprint density at radius 3 is 2.68 bits per heavy atom. The standard InChI is InChI=1S/C17H13N5O3/c1-24-16-13-9-11(10-5-3-2-4-6-10)7-8-12(13)14(25-16)15(23)18-17-19-21-22-20-17/h2-9H,1H3,(H2,18,19,20,21,22,23). The first kappa shape index (κ1) is 14.9. The van der Waals surface area contributed by atoms with Crippen LogP contribution in [0.2, 0.25) is 0 Å². The van der Waals surface area contributed by atoms with E-state index in [9.17, 15) is 4.79 Å². The number of benzene rings is 2. The number of nitrogens with one attached hydrogen (secondary N) is 2. The summed E-state index contributed by atoms with van der Waals surface area (Å²) in [4.78, 5) is 12.4. The van der Waals surface area contributed by atoms with Gasteiger partial charge in [-0.3, -0.25) is 10.1 Å². The molecule has 0 spiro atoms. The van der Waals surface area contributed by atoms with E-state index in [1.807, 2.05) is 48.5 Å². The second-order valence-electron chi connectivity index (χ2n) is 5.25. The van der Waals surface area contributed by atoms with Crippen molar-refractivity contribution < 1.29 is 13.9 Å². The molecule has 2 aromatic heterocycles. The normalized spacial score (nSPS) is 10.8. The Labute approximate surface area is 141 Å². The fourth-order valence-electron chi connectivity index (χ4n) is 2.62. The lowest BCUT2D eigenvalue weighted by Crippen LogP contribution is -2.12. The zero-order chi connectivity index (χ0) is 17.2. The molecule has 8 nitrogen and oxygen atoms in total. The summed E-state index contributed by atoms with van der Waals surface area (Å²) in [6.45, 7) is 0. The Kier molecular flexibility index (Phi) is 3.62. The Balaban J connectivity index is 1.78. The highest BCUT2D eigenvalue weighted by atomic mass is 16.6. The molecule has 0 bridgehead atoms. The number of methoxy groups -OCH3 is 1. The molecule has 0 saturated heterocycles. The number of H-pyrrole nitrogens is 1. The molecule has 2 heterocycles. The molecule has 1 amide bonds. The Morgan fingerprint density at radius 2 is 1.96 bits per heavy atom. The Morgan fingerprint density at radius 1 is 1.12 bits per heavy atom. The first-order valence-corrected chi connectivity index (χ1v) is 7.47. The molecule has 2 aromatic carbocycles. The Hall–Kier alpha value is -3.68. The lowest BCUT2D eigenvalue weighted by atomic mass is 10.0. The summed E-state index contributed by atoms with van der Waals surface area (Å²) >= 11 is 0. The summed E-state index contributed by atoms with van der Waals surface area (Å²) in [6, 6.07) is 15.6. The van der Waals surface area contributed by atoms with Gasteiger partial charge in [0.05, 0.1) is 12.5 Å². The van der Waals surface area contributed by atoms with Crippen LogP contribution in [-0.2, 0) is 0 Å². The van der Waals surface area contributed by atoms with Gasteiger partial charge in [-0.1, -0.05) is 41.5 Å². The van der Waals surface area contributed by atoms with Crippen LogP contribution < -0.4 is 10.1 Å². The Bertz CT molecular complexity index is 1030. The van der Waals surface area contributed by atoms with Crippen molar-refractivity contribution in [3.63, 3.8) is 0 Å². The van der Waals surface area contributed by atoms with Crippen molar-refractivity contribution in [2.45, 2.75) is 0 Å². The number of amides is 1. The third-order valence-corrected chi connectivity index (χ3v) is 3.75. The zero-order valence-corrected chi connectivity index (χ0v) is 13.2. The van der Waals surface area contributed by atoms with E-state index >= 15 is 0 Å². The summed E-state index contributed by atoms with van der Waals surface area (Å²) in [5.41, 5.74) is 2.06. The van der Waals surface area contributed by atoms with Crippen molar-refractivity contribution in [3.05, 3.63) is 54.3 Å². The van der Waals surface area contributed by atoms with Gasteiger partial charge in [-0.25, -0.2) is 5.10 Å². The fourth-order valence-corrected chi connectivity index (χ4v) is 2.62. The number of hydrogen-bond acceptors (Lipinski definition) is 6. The van der Waals surface area contributed by atoms with Crippen molar-refractivity contribution in [1.82, 2.24) is 20.6 Å². The summed E-state index contributed by atoms with van der Waals surface area (Å²) in [6.07, 6.45) is 0. The number of aromatic nitrogens is 4. The monoisotopic (exact) mass is 335 g/mol. The summed E-state index contributed by atoms with van der Waals surface area (Å²) in [5, 5.41) is 16.8. The van der Waals surface area contributed by atoms with Gasteiger partial charge in [0.25, 0.3) is 11.9 Å². The molecule has 8 heteroatoms. The number of anilines is 1. The molecule has 4 rings (SSSR count). The van der Waals surface area contributed by atoms with E-state index in [1.54, 1.807) is 0 Å². The van der Waals surface area contributed by atoms with Gasteiger partial charge >= 0.3 is 0 Å². The molecular formula is C17H13N5O3. The van der Waals surface area contributed by atoms with E-state index < -0.39 is 5.91 Å². The summed E-state index contributed by atoms with van der Waals surface area (Å²) < 4.78 is 10.9. The van der Waals surface area contributed by atoms with Crippen LogP contribution >= 0.6 is 0 Å². The molecule has 0 aliphatic rings. The van der Waals surface area contributed by atoms with Crippen molar-refractivity contribution in [2.24, 2.45) is 0 Å². The third-order valence-electron chi connectivity index (χ3n) is 3.75. The van der Waals surface area contributed by atoms with Gasteiger partial charge in [-0.05, 0) is 33.7 Å². The number of fused-ring (bicyclic) bond motifs is 1. The average Bonchev–Trinajstić information content (AvgIpc) is 3.29. The predicted molar refractivity (Wildman–Crippen MR) is 90.3 cm³/mol. The average molecular weight is 335 g/mol. The molecule has 2 N–H and O–H groups in total. The maximum Gasteiger partial charge on any atom is 0.294 e. The maximum atomic E-state index is 12.4. The second kappa shape index (κ2) is 6.08. The number of ether oxygens (including phenoxy) is 1. The summed E-state index contributed by atoms with van der Waals surface area (Å²) in [5.74, 6) is 0.0604. The van der Waals surface area contributed by atoms with Crippen molar-refractivity contribution in [1.29, 1.82) is 0 Å². The molecule has 124 valence electrons. The third kappa shape index (κ3) is 2.69. The largest absolute Gasteiger partial charge is 0.468 e. The second-order valence-corrected chi connectivity index (χ2v) is 5.25. The molecule has 0 fully saturated rings.